The maximum Gasteiger partial charge on any atom is 0.253 e. The number of para-hydroxylation sites is 1. The summed E-state index contributed by atoms with van der Waals surface area (Å²) in [4.78, 5) is 17.5. The van der Waals surface area contributed by atoms with Crippen molar-refractivity contribution in [1.29, 1.82) is 0 Å². The van der Waals surface area contributed by atoms with Gasteiger partial charge in [0.15, 0.2) is 0 Å². The van der Waals surface area contributed by atoms with Crippen molar-refractivity contribution >= 4 is 38.8 Å². The fourth-order valence-electron chi connectivity index (χ4n) is 2.50. The second-order valence-electron chi connectivity index (χ2n) is 5.59. The Labute approximate surface area is 154 Å². The van der Waals surface area contributed by atoms with Crippen molar-refractivity contribution in [2.45, 2.75) is 6.42 Å². The summed E-state index contributed by atoms with van der Waals surface area (Å²) in [5.41, 5.74) is 1.77. The van der Waals surface area contributed by atoms with Gasteiger partial charge in [-0.2, -0.15) is 10.1 Å². The van der Waals surface area contributed by atoms with E-state index in [1.807, 2.05) is 54.6 Å². The lowest BCUT2D eigenvalue weighted by Gasteiger charge is -2.13. The normalized spacial score (nSPS) is 11.2. The molecule has 6 heteroatoms. The van der Waals surface area contributed by atoms with Gasteiger partial charge in [-0.25, -0.2) is 4.98 Å². The summed E-state index contributed by atoms with van der Waals surface area (Å²) in [6.07, 6.45) is 3.33. The quantitative estimate of drug-likeness (QED) is 0.388. The van der Waals surface area contributed by atoms with Crippen LogP contribution in [0, 0.1) is 0 Å². The largest absolute Gasteiger partial charge is 0.463 e. The van der Waals surface area contributed by atoms with Crippen molar-refractivity contribution in [2.75, 3.05) is 5.01 Å². The molecule has 1 amide bonds. The van der Waals surface area contributed by atoms with Crippen LogP contribution in [0.3, 0.4) is 0 Å². The Bertz CT molecular complexity index is 1010. The first-order chi connectivity index (χ1) is 12.8. The van der Waals surface area contributed by atoms with E-state index in [4.69, 9.17) is 4.42 Å². The standard InChI is InChI=1S/C20H15N3O2S/c24-19(13-15-7-2-1-3-8-15)23(21-14-16-9-6-12-25-16)20-22-17-10-4-5-11-18(17)26-20/h1-12,14H,13H2/b21-14-. The molecule has 4 rings (SSSR count). The average Bonchev–Trinajstić information content (AvgIpc) is 3.32. The lowest BCUT2D eigenvalue weighted by atomic mass is 10.1. The highest BCUT2D eigenvalue weighted by Crippen LogP contribution is 2.29. The minimum absolute atomic E-state index is 0.155. The summed E-state index contributed by atoms with van der Waals surface area (Å²) in [6.45, 7) is 0. The molecule has 0 radical (unpaired) electrons. The van der Waals surface area contributed by atoms with Crippen LogP contribution < -0.4 is 5.01 Å². The van der Waals surface area contributed by atoms with Gasteiger partial charge >= 0.3 is 0 Å². The molecular formula is C20H15N3O2S. The molecule has 5 nitrogen and oxygen atoms in total. The molecule has 2 aromatic heterocycles. The first-order valence-electron chi connectivity index (χ1n) is 8.09. The van der Waals surface area contributed by atoms with Crippen molar-refractivity contribution < 1.29 is 9.21 Å². The van der Waals surface area contributed by atoms with Gasteiger partial charge in [0.05, 0.1) is 29.1 Å². The lowest BCUT2D eigenvalue weighted by molar-refractivity contribution is -0.118. The van der Waals surface area contributed by atoms with E-state index in [-0.39, 0.29) is 12.3 Å². The molecule has 0 saturated carbocycles. The van der Waals surface area contributed by atoms with Gasteiger partial charge in [0.2, 0.25) is 5.13 Å². The number of furan rings is 1. The van der Waals surface area contributed by atoms with Crippen LogP contribution in [-0.4, -0.2) is 17.1 Å². The van der Waals surface area contributed by atoms with Gasteiger partial charge in [0.1, 0.15) is 5.76 Å². The van der Waals surface area contributed by atoms with Crippen molar-refractivity contribution in [3.8, 4) is 0 Å². The molecule has 0 unspecified atom stereocenters. The third-order valence-corrected chi connectivity index (χ3v) is 4.75. The van der Waals surface area contributed by atoms with Gasteiger partial charge in [-0.1, -0.05) is 53.8 Å². The summed E-state index contributed by atoms with van der Waals surface area (Å²) in [6, 6.07) is 20.9. The molecular weight excluding hydrogens is 346 g/mol. The number of amides is 1. The Kier molecular flexibility index (Phi) is 4.57. The van der Waals surface area contributed by atoms with E-state index in [9.17, 15) is 4.79 Å². The second kappa shape index (κ2) is 7.33. The molecule has 2 heterocycles. The van der Waals surface area contributed by atoms with Crippen molar-refractivity contribution in [2.24, 2.45) is 5.10 Å². The van der Waals surface area contributed by atoms with Crippen molar-refractivity contribution in [3.63, 3.8) is 0 Å². The molecule has 0 aliphatic rings. The summed E-state index contributed by atoms with van der Waals surface area (Å²) in [5, 5.41) is 6.23. The van der Waals surface area contributed by atoms with Crippen LogP contribution in [0.15, 0.2) is 82.5 Å². The molecule has 0 aliphatic heterocycles. The first kappa shape index (κ1) is 16.2. The zero-order valence-electron chi connectivity index (χ0n) is 13.8. The Morgan fingerprint density at radius 3 is 2.65 bits per heavy atom. The number of thiazole rings is 1. The van der Waals surface area contributed by atoms with Crippen LogP contribution in [0.1, 0.15) is 11.3 Å². The Morgan fingerprint density at radius 1 is 1.08 bits per heavy atom. The van der Waals surface area contributed by atoms with Crippen LogP contribution in [-0.2, 0) is 11.2 Å². The number of hydrazone groups is 1. The molecule has 128 valence electrons. The first-order valence-corrected chi connectivity index (χ1v) is 8.91. The van der Waals surface area contributed by atoms with E-state index in [1.54, 1.807) is 18.4 Å². The molecule has 0 bridgehead atoms. The minimum atomic E-state index is -0.155. The SMILES string of the molecule is O=C(Cc1ccccc1)N(/N=C\c1ccco1)c1nc2ccccc2s1. The lowest BCUT2D eigenvalue weighted by Crippen LogP contribution is -2.27. The fourth-order valence-corrected chi connectivity index (χ4v) is 3.44. The van der Waals surface area contributed by atoms with Crippen LogP contribution in [0.5, 0.6) is 0 Å². The number of fused-ring (bicyclic) bond motifs is 1. The van der Waals surface area contributed by atoms with Gasteiger partial charge in [-0.3, -0.25) is 4.79 Å². The summed E-state index contributed by atoms with van der Waals surface area (Å²) < 4.78 is 6.28. The number of carbonyl (C=O) groups is 1. The van der Waals surface area contributed by atoms with Crippen molar-refractivity contribution in [3.05, 3.63) is 84.3 Å². The van der Waals surface area contributed by atoms with Gasteiger partial charge in [0, 0.05) is 0 Å². The van der Waals surface area contributed by atoms with Gasteiger partial charge < -0.3 is 4.42 Å². The highest BCUT2D eigenvalue weighted by atomic mass is 32.1. The third-order valence-electron chi connectivity index (χ3n) is 3.74. The van der Waals surface area contributed by atoms with Gasteiger partial charge in [-0.15, -0.1) is 0 Å². The molecule has 2 aromatic carbocycles. The maximum atomic E-state index is 12.9. The zero-order chi connectivity index (χ0) is 17.8. The molecule has 0 aliphatic carbocycles. The predicted molar refractivity (Wildman–Crippen MR) is 104 cm³/mol. The fraction of sp³-hybridized carbons (Fsp3) is 0.0500. The molecule has 0 fully saturated rings. The number of carbonyl (C=O) groups excluding carboxylic acids is 1. The molecule has 0 N–H and O–H groups in total. The highest BCUT2D eigenvalue weighted by Gasteiger charge is 2.19. The monoisotopic (exact) mass is 361 g/mol. The second-order valence-corrected chi connectivity index (χ2v) is 6.60. The zero-order valence-corrected chi connectivity index (χ0v) is 14.6. The van der Waals surface area contributed by atoms with E-state index < -0.39 is 0 Å². The van der Waals surface area contributed by atoms with Crippen LogP contribution in [0.4, 0.5) is 5.13 Å². The van der Waals surface area contributed by atoms with Crippen molar-refractivity contribution in [1.82, 2.24) is 4.98 Å². The van der Waals surface area contributed by atoms with E-state index >= 15 is 0 Å². The minimum Gasteiger partial charge on any atom is -0.463 e. The topological polar surface area (TPSA) is 58.7 Å². The highest BCUT2D eigenvalue weighted by molar-refractivity contribution is 7.22. The van der Waals surface area contributed by atoms with Crippen LogP contribution in [0.25, 0.3) is 10.2 Å². The van der Waals surface area contributed by atoms with Gasteiger partial charge in [0.25, 0.3) is 5.91 Å². The number of aromatic nitrogens is 1. The Hall–Kier alpha value is -3.25. The number of rotatable bonds is 5. The maximum absolute atomic E-state index is 12.9. The number of benzene rings is 2. The Morgan fingerprint density at radius 2 is 1.88 bits per heavy atom. The van der Waals surface area contributed by atoms with Gasteiger partial charge in [-0.05, 0) is 29.8 Å². The molecule has 0 saturated heterocycles. The smallest absolute Gasteiger partial charge is 0.253 e. The van der Waals surface area contributed by atoms with E-state index in [2.05, 4.69) is 10.1 Å². The Balaban J connectivity index is 1.67. The summed E-state index contributed by atoms with van der Waals surface area (Å²) in [5.74, 6) is 0.418. The summed E-state index contributed by atoms with van der Waals surface area (Å²) >= 11 is 1.43. The molecule has 0 atom stereocenters. The third kappa shape index (κ3) is 3.55. The number of hydrogen-bond donors (Lipinski definition) is 0. The summed E-state index contributed by atoms with van der Waals surface area (Å²) in [7, 11) is 0. The average molecular weight is 361 g/mol. The number of anilines is 1. The number of hydrogen-bond acceptors (Lipinski definition) is 5. The van der Waals surface area contributed by atoms with E-state index in [1.165, 1.54) is 22.6 Å². The van der Waals surface area contributed by atoms with E-state index in [0.717, 1.165) is 15.8 Å². The molecule has 0 spiro atoms. The predicted octanol–water partition coefficient (Wildman–Crippen LogP) is 4.50. The number of nitrogens with zero attached hydrogens (tertiary/aromatic N) is 3. The van der Waals surface area contributed by atoms with Crippen LogP contribution >= 0.6 is 11.3 Å². The molecule has 4 aromatic rings. The van der Waals surface area contributed by atoms with E-state index in [0.29, 0.717) is 10.9 Å². The van der Waals surface area contributed by atoms with Crippen LogP contribution in [0.2, 0.25) is 0 Å². The molecule has 26 heavy (non-hydrogen) atoms.